The minimum Gasteiger partial charge on any atom is -0.0905 e. The van der Waals surface area contributed by atoms with Crippen LogP contribution in [0.5, 0.6) is 0 Å². The second kappa shape index (κ2) is 4.30. The molecule has 18 heavy (non-hydrogen) atoms. The summed E-state index contributed by atoms with van der Waals surface area (Å²) in [4.78, 5) is 0. The summed E-state index contributed by atoms with van der Waals surface area (Å²) >= 11 is 0. The Labute approximate surface area is 107 Å². The number of hydrogen-bond acceptors (Lipinski definition) is 0. The maximum atomic E-state index is 4.25. The minimum atomic E-state index is 0.453. The third-order valence-corrected chi connectivity index (χ3v) is 3.49. The summed E-state index contributed by atoms with van der Waals surface area (Å²) in [6.07, 6.45) is 10.9. The van der Waals surface area contributed by atoms with Crippen LogP contribution in [0.2, 0.25) is 0 Å². The van der Waals surface area contributed by atoms with Crippen molar-refractivity contribution in [3.8, 4) is 0 Å². The van der Waals surface area contributed by atoms with Crippen molar-refractivity contribution in [2.75, 3.05) is 0 Å². The lowest BCUT2D eigenvalue weighted by Gasteiger charge is -2.06. The molecular weight excluding hydrogens is 216 g/mol. The van der Waals surface area contributed by atoms with Crippen molar-refractivity contribution < 1.29 is 0 Å². The summed E-state index contributed by atoms with van der Waals surface area (Å²) in [7, 11) is 0. The number of fused-ring (bicyclic) bond motifs is 1. The molecule has 0 saturated carbocycles. The van der Waals surface area contributed by atoms with E-state index in [2.05, 4.69) is 74.2 Å². The number of hydrogen-bond donors (Lipinski definition) is 0. The van der Waals surface area contributed by atoms with Gasteiger partial charge in [-0.2, -0.15) is 0 Å². The first-order valence-electron chi connectivity index (χ1n) is 6.33. The summed E-state index contributed by atoms with van der Waals surface area (Å²) in [6.45, 7) is 6.45. The zero-order chi connectivity index (χ0) is 12.5. The average Bonchev–Trinajstić information content (AvgIpc) is 2.38. The van der Waals surface area contributed by atoms with Crippen molar-refractivity contribution in [2.24, 2.45) is 5.92 Å². The highest BCUT2D eigenvalue weighted by molar-refractivity contribution is 5.91. The molecule has 88 valence electrons. The van der Waals surface area contributed by atoms with Crippen molar-refractivity contribution in [1.29, 1.82) is 0 Å². The van der Waals surface area contributed by atoms with Crippen LogP contribution in [-0.2, 0) is 0 Å². The van der Waals surface area contributed by atoms with Gasteiger partial charge in [0.1, 0.15) is 0 Å². The highest BCUT2D eigenvalue weighted by Crippen LogP contribution is 2.17. The first kappa shape index (κ1) is 11.0. The van der Waals surface area contributed by atoms with Crippen molar-refractivity contribution >= 4 is 29.5 Å². The van der Waals surface area contributed by atoms with E-state index in [4.69, 9.17) is 0 Å². The molecular formula is C18H16. The Morgan fingerprint density at radius 2 is 1.94 bits per heavy atom. The van der Waals surface area contributed by atoms with Gasteiger partial charge in [-0.15, -0.1) is 0 Å². The van der Waals surface area contributed by atoms with E-state index in [1.807, 2.05) is 0 Å². The van der Waals surface area contributed by atoms with Crippen molar-refractivity contribution in [3.63, 3.8) is 0 Å². The summed E-state index contributed by atoms with van der Waals surface area (Å²) in [5.41, 5.74) is 1.26. The van der Waals surface area contributed by atoms with Gasteiger partial charge in [0, 0.05) is 0 Å². The molecule has 0 amide bonds. The van der Waals surface area contributed by atoms with Gasteiger partial charge < -0.3 is 0 Å². The Morgan fingerprint density at radius 3 is 2.83 bits per heavy atom. The molecule has 0 heteroatoms. The topological polar surface area (TPSA) is 0 Å². The molecule has 0 saturated heterocycles. The van der Waals surface area contributed by atoms with Gasteiger partial charge >= 0.3 is 0 Å². The van der Waals surface area contributed by atoms with Gasteiger partial charge in [0.05, 0.1) is 0 Å². The van der Waals surface area contributed by atoms with E-state index >= 15 is 0 Å². The fourth-order valence-electron chi connectivity index (χ4n) is 2.45. The molecule has 1 aliphatic carbocycles. The van der Waals surface area contributed by atoms with E-state index in [0.29, 0.717) is 5.92 Å². The molecule has 2 aromatic rings. The van der Waals surface area contributed by atoms with Crippen LogP contribution in [-0.4, -0.2) is 0 Å². The molecule has 0 nitrogen and oxygen atoms in total. The van der Waals surface area contributed by atoms with Gasteiger partial charge in [-0.1, -0.05) is 74.2 Å². The SMILES string of the molecule is C=c1/c2ccc3cccc(c13)/C=C\C(C)/C=C\C=2. The fraction of sp³-hybridized carbons (Fsp3) is 0.111. The predicted octanol–water partition coefficient (Wildman–Crippen LogP) is 3.25. The van der Waals surface area contributed by atoms with Gasteiger partial charge in [-0.3, -0.25) is 0 Å². The molecule has 1 aliphatic rings. The summed E-state index contributed by atoms with van der Waals surface area (Å²) in [6, 6.07) is 10.7. The maximum Gasteiger partial charge on any atom is -0.00389 e. The summed E-state index contributed by atoms with van der Waals surface area (Å²) in [5, 5.41) is 4.85. The van der Waals surface area contributed by atoms with Crippen molar-refractivity contribution in [1.82, 2.24) is 0 Å². The molecule has 0 heterocycles. The smallest absolute Gasteiger partial charge is 0.00389 e. The fourth-order valence-corrected chi connectivity index (χ4v) is 2.45. The first-order valence-corrected chi connectivity index (χ1v) is 6.33. The number of benzene rings is 2. The molecule has 3 rings (SSSR count). The Bertz CT molecular complexity index is 760. The molecule has 2 aromatic carbocycles. The van der Waals surface area contributed by atoms with E-state index in [-0.39, 0.29) is 0 Å². The van der Waals surface area contributed by atoms with Crippen molar-refractivity contribution in [3.05, 3.63) is 64.6 Å². The Hall–Kier alpha value is -2.08. The van der Waals surface area contributed by atoms with Gasteiger partial charge in [0.15, 0.2) is 0 Å². The average molecular weight is 232 g/mol. The Kier molecular flexibility index (Phi) is 2.64. The molecule has 1 unspecified atom stereocenters. The number of allylic oxidation sites excluding steroid dienone is 3. The predicted molar refractivity (Wildman–Crippen MR) is 80.5 cm³/mol. The highest BCUT2D eigenvalue weighted by atomic mass is 14.1. The molecule has 0 aromatic heterocycles. The van der Waals surface area contributed by atoms with E-state index in [0.717, 1.165) is 5.22 Å². The van der Waals surface area contributed by atoms with Crippen LogP contribution in [0.4, 0.5) is 0 Å². The van der Waals surface area contributed by atoms with Crippen LogP contribution in [0.15, 0.2) is 48.6 Å². The quantitative estimate of drug-likeness (QED) is 0.654. The second-order valence-electron chi connectivity index (χ2n) is 4.85. The lowest BCUT2D eigenvalue weighted by atomic mass is 9.98. The van der Waals surface area contributed by atoms with Gasteiger partial charge in [-0.05, 0) is 32.7 Å². The normalized spacial score (nSPS) is 23.4. The first-order chi connectivity index (χ1) is 8.75. The van der Waals surface area contributed by atoms with E-state index in [1.165, 1.54) is 21.6 Å². The summed E-state index contributed by atoms with van der Waals surface area (Å²) in [5.74, 6) is 0.453. The maximum absolute atomic E-state index is 4.25. The zero-order valence-corrected chi connectivity index (χ0v) is 10.6. The molecule has 2 bridgehead atoms. The van der Waals surface area contributed by atoms with Gasteiger partial charge in [0.25, 0.3) is 0 Å². The van der Waals surface area contributed by atoms with Gasteiger partial charge in [0.2, 0.25) is 0 Å². The van der Waals surface area contributed by atoms with Crippen molar-refractivity contribution in [2.45, 2.75) is 6.92 Å². The standard InChI is InChI=1S/C18H16/c1-13-5-3-6-15-11-12-17-8-4-7-16(10-9-13)18(17)14(15)2/h3-13H,2H2,1H3/b5-3-,10-9-,15-6+. The van der Waals surface area contributed by atoms with E-state index in [1.54, 1.807) is 0 Å². The molecule has 0 radical (unpaired) electrons. The van der Waals surface area contributed by atoms with E-state index < -0.39 is 0 Å². The zero-order valence-electron chi connectivity index (χ0n) is 10.6. The molecule has 0 spiro atoms. The molecule has 1 atom stereocenters. The Morgan fingerprint density at radius 1 is 1.06 bits per heavy atom. The Balaban J connectivity index is 2.51. The molecule has 0 aliphatic heterocycles. The lowest BCUT2D eigenvalue weighted by Crippen LogP contribution is -2.23. The van der Waals surface area contributed by atoms with Crippen LogP contribution in [0.25, 0.3) is 29.5 Å². The van der Waals surface area contributed by atoms with Crippen LogP contribution < -0.4 is 10.4 Å². The largest absolute Gasteiger partial charge is 0.0905 e. The van der Waals surface area contributed by atoms with Crippen LogP contribution in [0, 0.1) is 5.92 Å². The number of rotatable bonds is 0. The second-order valence-corrected chi connectivity index (χ2v) is 4.85. The molecule has 0 N–H and O–H groups in total. The van der Waals surface area contributed by atoms with Crippen LogP contribution in [0.1, 0.15) is 12.5 Å². The summed E-state index contributed by atoms with van der Waals surface area (Å²) < 4.78 is 0. The minimum absolute atomic E-state index is 0.453. The molecule has 0 fully saturated rings. The van der Waals surface area contributed by atoms with E-state index in [9.17, 15) is 0 Å². The monoisotopic (exact) mass is 232 g/mol. The lowest BCUT2D eigenvalue weighted by molar-refractivity contribution is 0.947. The third kappa shape index (κ3) is 1.80. The van der Waals surface area contributed by atoms with Crippen LogP contribution >= 0.6 is 0 Å². The van der Waals surface area contributed by atoms with Gasteiger partial charge in [-0.25, -0.2) is 0 Å². The highest BCUT2D eigenvalue weighted by Gasteiger charge is 2.01. The third-order valence-electron chi connectivity index (χ3n) is 3.49. The van der Waals surface area contributed by atoms with Crippen LogP contribution in [0.3, 0.4) is 0 Å².